The largest absolute Gasteiger partial charge is 0.416 e. The lowest BCUT2D eigenvalue weighted by molar-refractivity contribution is -0.137. The van der Waals surface area contributed by atoms with Crippen LogP contribution in [0, 0.1) is 0 Å². The number of hydrogen-bond acceptors (Lipinski definition) is 4. The molecule has 7 heteroatoms. The molecule has 0 radical (unpaired) electrons. The minimum Gasteiger partial charge on any atom is -0.368 e. The number of nitrogens with one attached hydrogen (secondary N) is 1. The summed E-state index contributed by atoms with van der Waals surface area (Å²) in [5.41, 5.74) is 7.55. The van der Waals surface area contributed by atoms with E-state index in [4.69, 9.17) is 5.73 Å². The highest BCUT2D eigenvalue weighted by atomic mass is 19.4. The summed E-state index contributed by atoms with van der Waals surface area (Å²) < 4.78 is 38.6. The summed E-state index contributed by atoms with van der Waals surface area (Å²) in [5, 5.41) is 3.09. The Bertz CT molecular complexity index is 895. The number of nitrogens with zero attached hydrogens (tertiary/aromatic N) is 2. The van der Waals surface area contributed by atoms with Gasteiger partial charge in [0.1, 0.15) is 5.82 Å². The van der Waals surface area contributed by atoms with Crippen molar-refractivity contribution in [2.24, 2.45) is 0 Å². The summed E-state index contributed by atoms with van der Waals surface area (Å²) in [6.45, 7) is 0.207. The van der Waals surface area contributed by atoms with Crippen molar-refractivity contribution in [3.63, 3.8) is 0 Å². The van der Waals surface area contributed by atoms with E-state index in [1.54, 1.807) is 12.3 Å². The van der Waals surface area contributed by atoms with Crippen LogP contribution in [-0.2, 0) is 25.6 Å². The van der Waals surface area contributed by atoms with Crippen molar-refractivity contribution < 1.29 is 13.2 Å². The van der Waals surface area contributed by atoms with Crippen LogP contribution in [0.25, 0.3) is 0 Å². The van der Waals surface area contributed by atoms with E-state index in [1.807, 2.05) is 30.3 Å². The van der Waals surface area contributed by atoms with Crippen LogP contribution in [0.5, 0.6) is 0 Å². The van der Waals surface area contributed by atoms with Gasteiger partial charge in [-0.25, -0.2) is 4.98 Å². The zero-order valence-corrected chi connectivity index (χ0v) is 14.5. The van der Waals surface area contributed by atoms with Gasteiger partial charge >= 0.3 is 6.18 Å². The molecule has 3 N–H and O–H groups in total. The molecular formula is C20H19F3N4. The zero-order valence-electron chi connectivity index (χ0n) is 14.5. The number of aromatic nitrogens is 2. The Morgan fingerprint density at radius 1 is 0.926 bits per heavy atom. The van der Waals surface area contributed by atoms with Crippen LogP contribution in [0.4, 0.5) is 24.9 Å². The molecular weight excluding hydrogens is 353 g/mol. The molecule has 3 aromatic rings. The maximum Gasteiger partial charge on any atom is 0.416 e. The molecule has 0 aliphatic carbocycles. The highest BCUT2D eigenvalue weighted by Crippen LogP contribution is 2.29. The lowest BCUT2D eigenvalue weighted by Crippen LogP contribution is -2.10. The maximum absolute atomic E-state index is 12.9. The Hall–Kier alpha value is -3.09. The van der Waals surface area contributed by atoms with Crippen molar-refractivity contribution in [2.45, 2.75) is 25.6 Å². The van der Waals surface area contributed by atoms with Crippen molar-refractivity contribution in [1.82, 2.24) is 9.97 Å². The molecule has 0 bridgehead atoms. The molecule has 0 fully saturated rings. The van der Waals surface area contributed by atoms with E-state index in [0.29, 0.717) is 17.8 Å². The maximum atomic E-state index is 12.9. The van der Waals surface area contributed by atoms with Gasteiger partial charge in [-0.1, -0.05) is 42.5 Å². The van der Waals surface area contributed by atoms with Crippen LogP contribution < -0.4 is 11.1 Å². The van der Waals surface area contributed by atoms with Crippen molar-refractivity contribution in [1.29, 1.82) is 0 Å². The van der Waals surface area contributed by atoms with Gasteiger partial charge < -0.3 is 11.1 Å². The predicted octanol–water partition coefficient (Wildman–Crippen LogP) is 4.47. The van der Waals surface area contributed by atoms with E-state index in [9.17, 15) is 13.2 Å². The molecule has 3 rings (SSSR count). The normalized spacial score (nSPS) is 11.4. The number of anilines is 2. The average Bonchev–Trinajstić information content (AvgIpc) is 2.66. The average molecular weight is 372 g/mol. The summed E-state index contributed by atoms with van der Waals surface area (Å²) in [6.07, 6.45) is -1.22. The lowest BCUT2D eigenvalue weighted by atomic mass is 10.1. The first-order valence-corrected chi connectivity index (χ1v) is 8.47. The van der Waals surface area contributed by atoms with Gasteiger partial charge in [-0.2, -0.15) is 18.2 Å². The molecule has 1 aromatic heterocycles. The summed E-state index contributed by atoms with van der Waals surface area (Å²) in [4.78, 5) is 8.24. The number of nitrogens with two attached hydrogens (primary N) is 1. The van der Waals surface area contributed by atoms with Crippen LogP contribution >= 0.6 is 0 Å². The molecule has 0 atom stereocenters. The van der Waals surface area contributed by atoms with E-state index >= 15 is 0 Å². The van der Waals surface area contributed by atoms with Crippen LogP contribution in [0.1, 0.15) is 22.3 Å². The molecule has 0 unspecified atom stereocenters. The molecule has 0 spiro atoms. The number of benzene rings is 2. The van der Waals surface area contributed by atoms with Crippen LogP contribution in [0.2, 0.25) is 0 Å². The quantitative estimate of drug-likeness (QED) is 0.670. The molecule has 140 valence electrons. The lowest BCUT2D eigenvalue weighted by Gasteiger charge is -2.13. The number of nitrogen functional groups attached to an aromatic ring is 1. The Morgan fingerprint density at radius 3 is 2.41 bits per heavy atom. The monoisotopic (exact) mass is 372 g/mol. The fourth-order valence-corrected chi connectivity index (χ4v) is 2.72. The number of aryl methyl sites for hydroxylation is 2. The molecule has 2 aromatic carbocycles. The van der Waals surface area contributed by atoms with Crippen molar-refractivity contribution >= 4 is 11.8 Å². The minimum absolute atomic E-state index is 0.116. The Morgan fingerprint density at radius 2 is 1.67 bits per heavy atom. The molecule has 0 amide bonds. The van der Waals surface area contributed by atoms with E-state index in [0.717, 1.165) is 24.1 Å². The van der Waals surface area contributed by atoms with Crippen LogP contribution in [0.3, 0.4) is 0 Å². The van der Waals surface area contributed by atoms with Gasteiger partial charge in [0, 0.05) is 18.3 Å². The van der Waals surface area contributed by atoms with Gasteiger partial charge in [-0.3, -0.25) is 0 Å². The Balaban J connectivity index is 1.72. The first-order valence-electron chi connectivity index (χ1n) is 8.47. The van der Waals surface area contributed by atoms with Crippen LogP contribution in [0.15, 0.2) is 60.8 Å². The minimum atomic E-state index is -4.36. The fraction of sp³-hybridized carbons (Fsp3) is 0.200. The second-order valence-corrected chi connectivity index (χ2v) is 6.14. The van der Waals surface area contributed by atoms with Gasteiger partial charge in [-0.15, -0.1) is 0 Å². The van der Waals surface area contributed by atoms with Gasteiger partial charge in [0.25, 0.3) is 0 Å². The summed E-state index contributed by atoms with van der Waals surface area (Å²) in [7, 11) is 0. The summed E-state index contributed by atoms with van der Waals surface area (Å²) in [5.74, 6) is 0.654. The summed E-state index contributed by atoms with van der Waals surface area (Å²) in [6, 6.07) is 15.2. The smallest absolute Gasteiger partial charge is 0.368 e. The number of hydrogen-bond donors (Lipinski definition) is 2. The van der Waals surface area contributed by atoms with Gasteiger partial charge in [0.2, 0.25) is 5.95 Å². The van der Waals surface area contributed by atoms with Crippen molar-refractivity contribution in [2.75, 3.05) is 11.1 Å². The second kappa shape index (κ2) is 8.07. The molecule has 0 aliphatic rings. The van der Waals surface area contributed by atoms with Crippen molar-refractivity contribution in [3.05, 3.63) is 83.0 Å². The van der Waals surface area contributed by atoms with Gasteiger partial charge in [0.15, 0.2) is 0 Å². The molecule has 1 heterocycles. The van der Waals surface area contributed by atoms with E-state index < -0.39 is 11.7 Å². The molecule has 0 aliphatic heterocycles. The molecule has 0 saturated carbocycles. The highest BCUT2D eigenvalue weighted by molar-refractivity contribution is 5.47. The first-order chi connectivity index (χ1) is 12.9. The first kappa shape index (κ1) is 18.7. The third-order valence-electron chi connectivity index (χ3n) is 4.12. The van der Waals surface area contributed by atoms with E-state index in [2.05, 4.69) is 15.3 Å². The SMILES string of the molecule is Nc1ncc(CCc2ccccc2)c(NCc2cccc(C(F)(F)F)c2)n1. The molecule has 4 nitrogen and oxygen atoms in total. The van der Waals surface area contributed by atoms with Gasteiger partial charge in [-0.05, 0) is 36.1 Å². The third kappa shape index (κ3) is 5.20. The standard InChI is InChI=1S/C20H19F3N4/c21-20(22,23)17-8-4-7-15(11-17)12-25-18-16(13-26-19(24)27-18)10-9-14-5-2-1-3-6-14/h1-8,11,13H,9-10,12H2,(H3,24,25,26,27). The third-order valence-corrected chi connectivity index (χ3v) is 4.12. The zero-order chi connectivity index (χ0) is 19.3. The topological polar surface area (TPSA) is 63.8 Å². The Kier molecular flexibility index (Phi) is 5.59. The summed E-state index contributed by atoms with van der Waals surface area (Å²) >= 11 is 0. The van der Waals surface area contributed by atoms with Crippen LogP contribution in [-0.4, -0.2) is 9.97 Å². The Labute approximate surface area is 155 Å². The van der Waals surface area contributed by atoms with E-state index in [-0.39, 0.29) is 12.5 Å². The molecule has 0 saturated heterocycles. The molecule has 27 heavy (non-hydrogen) atoms. The second-order valence-electron chi connectivity index (χ2n) is 6.14. The predicted molar refractivity (Wildman–Crippen MR) is 99.1 cm³/mol. The number of rotatable bonds is 6. The van der Waals surface area contributed by atoms with Gasteiger partial charge in [0.05, 0.1) is 5.56 Å². The van der Waals surface area contributed by atoms with E-state index in [1.165, 1.54) is 11.6 Å². The number of alkyl halides is 3. The fourth-order valence-electron chi connectivity index (χ4n) is 2.72. The van der Waals surface area contributed by atoms with Crippen molar-refractivity contribution in [3.8, 4) is 0 Å². The highest BCUT2D eigenvalue weighted by Gasteiger charge is 2.30. The number of halogens is 3.